The molecule has 0 spiro atoms. The van der Waals surface area contributed by atoms with Crippen molar-refractivity contribution in [2.75, 3.05) is 6.61 Å². The number of alkyl halides is 2. The van der Waals surface area contributed by atoms with Gasteiger partial charge in [-0.2, -0.15) is 0 Å². The summed E-state index contributed by atoms with van der Waals surface area (Å²) >= 11 is 7.92. The summed E-state index contributed by atoms with van der Waals surface area (Å²) in [5.41, 5.74) is 0.412. The van der Waals surface area contributed by atoms with Crippen LogP contribution in [0.15, 0.2) is 19.9 Å². The van der Waals surface area contributed by atoms with E-state index in [2.05, 4.69) is 0 Å². The Hall–Kier alpha value is 0.160. The van der Waals surface area contributed by atoms with Gasteiger partial charge in [-0.1, -0.05) is 11.6 Å². The van der Waals surface area contributed by atoms with Crippen molar-refractivity contribution in [2.45, 2.75) is 26.2 Å². The lowest BCUT2D eigenvalue weighted by atomic mass is 10.0. The lowest BCUT2D eigenvalue weighted by Gasteiger charge is -2.26. The second kappa shape index (κ2) is 4.35. The first-order valence-electron chi connectivity index (χ1n) is 4.06. The Kier molecular flexibility index (Phi) is 3.80. The first kappa shape index (κ1) is 12.2. The van der Waals surface area contributed by atoms with Crippen molar-refractivity contribution in [2.24, 2.45) is 0 Å². The standard InChI is InChI=1S/C9H10ClF2IO/c1-5(13)8(10)7-3-9(11,12)4-14-6(7)2/h3-4H2,1-2H3/b8-5-. The second-order valence-corrected chi connectivity index (χ2v) is 5.20. The summed E-state index contributed by atoms with van der Waals surface area (Å²) in [5, 5.41) is 0.377. The Morgan fingerprint density at radius 3 is 2.64 bits per heavy atom. The first-order chi connectivity index (χ1) is 6.33. The second-order valence-electron chi connectivity index (χ2n) is 3.20. The molecule has 80 valence electrons. The maximum absolute atomic E-state index is 13.0. The Morgan fingerprint density at radius 2 is 2.14 bits per heavy atom. The third-order valence-corrected chi connectivity index (χ3v) is 3.30. The van der Waals surface area contributed by atoms with Crippen LogP contribution in [0.1, 0.15) is 20.3 Å². The van der Waals surface area contributed by atoms with Crippen molar-refractivity contribution < 1.29 is 13.5 Å². The average molecular weight is 335 g/mol. The first-order valence-corrected chi connectivity index (χ1v) is 5.52. The molecule has 1 aliphatic rings. The molecule has 0 aromatic carbocycles. The minimum absolute atomic E-state index is 0.335. The van der Waals surface area contributed by atoms with E-state index in [1.165, 1.54) is 0 Å². The van der Waals surface area contributed by atoms with Gasteiger partial charge in [-0.05, 0) is 36.4 Å². The van der Waals surface area contributed by atoms with E-state index in [9.17, 15) is 8.78 Å². The molecule has 0 unspecified atom stereocenters. The number of hydrogen-bond acceptors (Lipinski definition) is 1. The van der Waals surface area contributed by atoms with Gasteiger partial charge in [0.2, 0.25) is 0 Å². The predicted octanol–water partition coefficient (Wildman–Crippen LogP) is 4.22. The molecule has 1 rings (SSSR count). The van der Waals surface area contributed by atoms with Gasteiger partial charge >= 0.3 is 0 Å². The quantitative estimate of drug-likeness (QED) is 0.652. The largest absolute Gasteiger partial charge is 0.492 e. The third kappa shape index (κ3) is 2.82. The van der Waals surface area contributed by atoms with E-state index in [4.69, 9.17) is 16.3 Å². The molecule has 0 fully saturated rings. The fourth-order valence-electron chi connectivity index (χ4n) is 1.18. The molecule has 0 saturated carbocycles. The van der Waals surface area contributed by atoms with Crippen LogP contribution in [0.25, 0.3) is 0 Å². The lowest BCUT2D eigenvalue weighted by Crippen LogP contribution is -2.28. The normalized spacial score (nSPS) is 23.0. The molecule has 0 aromatic heterocycles. The van der Waals surface area contributed by atoms with Crippen LogP contribution in [-0.2, 0) is 4.74 Å². The van der Waals surface area contributed by atoms with Crippen LogP contribution in [0.3, 0.4) is 0 Å². The Balaban J connectivity index is 3.03. The fourth-order valence-corrected chi connectivity index (χ4v) is 1.70. The molecule has 1 nitrogen and oxygen atoms in total. The molecule has 0 saturated heterocycles. The predicted molar refractivity (Wildman–Crippen MR) is 60.8 cm³/mol. The molecule has 0 aromatic rings. The molecule has 0 radical (unpaired) electrons. The molecule has 0 N–H and O–H groups in total. The molecule has 0 atom stereocenters. The summed E-state index contributed by atoms with van der Waals surface area (Å²) in [7, 11) is 0. The van der Waals surface area contributed by atoms with Gasteiger partial charge in [-0.25, -0.2) is 8.78 Å². The van der Waals surface area contributed by atoms with Gasteiger partial charge in [0.1, 0.15) is 0 Å². The molecular formula is C9H10ClF2IO. The van der Waals surface area contributed by atoms with Gasteiger partial charge in [-0.3, -0.25) is 0 Å². The summed E-state index contributed by atoms with van der Waals surface area (Å²) in [4.78, 5) is 0. The van der Waals surface area contributed by atoms with E-state index in [-0.39, 0.29) is 6.42 Å². The van der Waals surface area contributed by atoms with Crippen molar-refractivity contribution in [3.05, 3.63) is 19.9 Å². The lowest BCUT2D eigenvalue weighted by molar-refractivity contribution is -0.0718. The maximum atomic E-state index is 13.0. The minimum Gasteiger partial charge on any atom is -0.492 e. The molecule has 5 heteroatoms. The highest BCUT2D eigenvalue weighted by atomic mass is 127. The molecule has 0 amide bonds. The third-order valence-electron chi connectivity index (χ3n) is 1.93. The Labute approximate surface area is 100 Å². The number of allylic oxidation sites excluding steroid dienone is 4. The monoisotopic (exact) mass is 334 g/mol. The average Bonchev–Trinajstić information content (AvgIpc) is 2.08. The molecular weight excluding hydrogens is 324 g/mol. The van der Waals surface area contributed by atoms with E-state index in [0.29, 0.717) is 16.4 Å². The number of ether oxygens (including phenoxy) is 1. The zero-order valence-corrected chi connectivity index (χ0v) is 10.7. The molecule has 0 aliphatic carbocycles. The smallest absolute Gasteiger partial charge is 0.285 e. The number of rotatable bonds is 1. The maximum Gasteiger partial charge on any atom is 0.285 e. The van der Waals surface area contributed by atoms with Gasteiger partial charge in [-0.15, -0.1) is 0 Å². The summed E-state index contributed by atoms with van der Waals surface area (Å²) in [5.74, 6) is -2.31. The van der Waals surface area contributed by atoms with Crippen LogP contribution in [0.2, 0.25) is 0 Å². The van der Waals surface area contributed by atoms with Gasteiger partial charge in [0.15, 0.2) is 6.61 Å². The highest BCUT2D eigenvalue weighted by Gasteiger charge is 2.37. The van der Waals surface area contributed by atoms with Crippen LogP contribution in [0, 0.1) is 0 Å². The topological polar surface area (TPSA) is 9.23 Å². The van der Waals surface area contributed by atoms with Gasteiger partial charge in [0.05, 0.1) is 10.8 Å². The van der Waals surface area contributed by atoms with Gasteiger partial charge in [0.25, 0.3) is 5.92 Å². The highest BCUT2D eigenvalue weighted by Crippen LogP contribution is 2.38. The summed E-state index contributed by atoms with van der Waals surface area (Å²) in [6.45, 7) is 2.88. The van der Waals surface area contributed by atoms with Crippen LogP contribution in [0.5, 0.6) is 0 Å². The van der Waals surface area contributed by atoms with E-state index in [1.807, 2.05) is 22.6 Å². The molecule has 0 bridgehead atoms. The summed E-state index contributed by atoms with van der Waals surface area (Å²) in [6.07, 6.45) is -0.335. The van der Waals surface area contributed by atoms with Crippen LogP contribution in [0.4, 0.5) is 8.78 Å². The van der Waals surface area contributed by atoms with E-state index in [1.54, 1.807) is 13.8 Å². The Morgan fingerprint density at radius 1 is 1.57 bits per heavy atom. The van der Waals surface area contributed by atoms with Crippen LogP contribution in [-0.4, -0.2) is 12.5 Å². The summed E-state index contributed by atoms with van der Waals surface area (Å²) < 4.78 is 31.7. The number of hydrogen-bond donors (Lipinski definition) is 0. The molecule has 1 aliphatic heterocycles. The van der Waals surface area contributed by atoms with E-state index in [0.717, 1.165) is 3.58 Å². The van der Waals surface area contributed by atoms with Crippen molar-refractivity contribution in [3.63, 3.8) is 0 Å². The Bertz CT molecular complexity index is 306. The van der Waals surface area contributed by atoms with Crippen LogP contribution >= 0.6 is 34.2 Å². The zero-order valence-electron chi connectivity index (χ0n) is 7.83. The highest BCUT2D eigenvalue weighted by molar-refractivity contribution is 14.1. The van der Waals surface area contributed by atoms with Crippen LogP contribution < -0.4 is 0 Å². The number of halogens is 4. The van der Waals surface area contributed by atoms with Gasteiger partial charge < -0.3 is 4.74 Å². The molecule has 1 heterocycles. The zero-order chi connectivity index (χ0) is 10.9. The minimum atomic E-state index is -2.80. The van der Waals surface area contributed by atoms with E-state index < -0.39 is 12.5 Å². The summed E-state index contributed by atoms with van der Waals surface area (Å²) in [6, 6.07) is 0. The van der Waals surface area contributed by atoms with Crippen molar-refractivity contribution in [1.82, 2.24) is 0 Å². The SMILES string of the molecule is CC1=C(/C(Cl)=C(\C)I)CC(F)(F)CO1. The van der Waals surface area contributed by atoms with E-state index >= 15 is 0 Å². The van der Waals surface area contributed by atoms with Crippen molar-refractivity contribution >= 4 is 34.2 Å². The fraction of sp³-hybridized carbons (Fsp3) is 0.556. The van der Waals surface area contributed by atoms with Crippen molar-refractivity contribution in [3.8, 4) is 0 Å². The van der Waals surface area contributed by atoms with Gasteiger partial charge in [0, 0.05) is 15.6 Å². The van der Waals surface area contributed by atoms with Crippen molar-refractivity contribution in [1.29, 1.82) is 0 Å². The molecule has 14 heavy (non-hydrogen) atoms.